The monoisotopic (exact) mass is 269 g/mol. The second-order valence-corrected chi connectivity index (χ2v) is 4.75. The third-order valence-electron chi connectivity index (χ3n) is 3.49. The van der Waals surface area contributed by atoms with Crippen molar-refractivity contribution in [3.05, 3.63) is 60.5 Å². The summed E-state index contributed by atoms with van der Waals surface area (Å²) < 4.78 is 20.7. The SMILES string of the molecule is COCCn1ccc2c(-c3cccc(F)c3)cccc21. The number of methoxy groups -OCH3 is 1. The fourth-order valence-electron chi connectivity index (χ4n) is 2.52. The third-order valence-corrected chi connectivity index (χ3v) is 3.49. The number of benzene rings is 2. The second-order valence-electron chi connectivity index (χ2n) is 4.75. The number of nitrogens with zero attached hydrogens (tertiary/aromatic N) is 1. The van der Waals surface area contributed by atoms with Crippen LogP contribution in [0.5, 0.6) is 0 Å². The van der Waals surface area contributed by atoms with E-state index in [0.717, 1.165) is 28.6 Å². The molecule has 0 saturated carbocycles. The molecule has 0 bridgehead atoms. The van der Waals surface area contributed by atoms with Gasteiger partial charge in [0.2, 0.25) is 0 Å². The molecule has 0 aliphatic carbocycles. The molecule has 0 unspecified atom stereocenters. The molecular formula is C17H16FNO. The van der Waals surface area contributed by atoms with Gasteiger partial charge in [0.1, 0.15) is 5.82 Å². The molecule has 3 aromatic rings. The van der Waals surface area contributed by atoms with Crippen molar-refractivity contribution in [3.63, 3.8) is 0 Å². The highest BCUT2D eigenvalue weighted by Gasteiger charge is 2.07. The van der Waals surface area contributed by atoms with E-state index in [-0.39, 0.29) is 5.82 Å². The summed E-state index contributed by atoms with van der Waals surface area (Å²) in [7, 11) is 1.70. The van der Waals surface area contributed by atoms with E-state index in [9.17, 15) is 4.39 Å². The molecule has 0 N–H and O–H groups in total. The summed E-state index contributed by atoms with van der Waals surface area (Å²) >= 11 is 0. The third kappa shape index (κ3) is 2.32. The van der Waals surface area contributed by atoms with Gasteiger partial charge in [-0.15, -0.1) is 0 Å². The van der Waals surface area contributed by atoms with E-state index in [1.54, 1.807) is 19.2 Å². The summed E-state index contributed by atoms with van der Waals surface area (Å²) in [6.07, 6.45) is 2.05. The Morgan fingerprint density at radius 2 is 1.95 bits per heavy atom. The van der Waals surface area contributed by atoms with Crippen LogP contribution in [0.1, 0.15) is 0 Å². The van der Waals surface area contributed by atoms with Crippen LogP contribution < -0.4 is 0 Å². The first-order valence-electron chi connectivity index (χ1n) is 6.62. The van der Waals surface area contributed by atoms with Gasteiger partial charge >= 0.3 is 0 Å². The van der Waals surface area contributed by atoms with Gasteiger partial charge in [0, 0.05) is 30.8 Å². The Kier molecular flexibility index (Phi) is 3.52. The normalized spacial score (nSPS) is 11.1. The van der Waals surface area contributed by atoms with Crippen LogP contribution in [0.15, 0.2) is 54.7 Å². The van der Waals surface area contributed by atoms with Gasteiger partial charge in [-0.25, -0.2) is 4.39 Å². The molecule has 20 heavy (non-hydrogen) atoms. The lowest BCUT2D eigenvalue weighted by molar-refractivity contribution is 0.188. The Labute approximate surface area is 117 Å². The Morgan fingerprint density at radius 1 is 1.10 bits per heavy atom. The number of fused-ring (bicyclic) bond motifs is 1. The van der Waals surface area contributed by atoms with Crippen molar-refractivity contribution in [3.8, 4) is 11.1 Å². The molecular weight excluding hydrogens is 253 g/mol. The molecule has 2 aromatic carbocycles. The van der Waals surface area contributed by atoms with Crippen molar-refractivity contribution in [2.75, 3.05) is 13.7 Å². The van der Waals surface area contributed by atoms with Crippen LogP contribution in [0.25, 0.3) is 22.0 Å². The Balaban J connectivity index is 2.10. The van der Waals surface area contributed by atoms with E-state index >= 15 is 0 Å². The molecule has 0 aliphatic rings. The highest BCUT2D eigenvalue weighted by molar-refractivity contribution is 5.95. The zero-order valence-corrected chi connectivity index (χ0v) is 11.3. The topological polar surface area (TPSA) is 14.2 Å². The van der Waals surface area contributed by atoms with Crippen molar-refractivity contribution < 1.29 is 9.13 Å². The number of rotatable bonds is 4. The summed E-state index contributed by atoms with van der Waals surface area (Å²) in [5.41, 5.74) is 3.10. The smallest absolute Gasteiger partial charge is 0.123 e. The lowest BCUT2D eigenvalue weighted by atomic mass is 10.0. The summed E-state index contributed by atoms with van der Waals surface area (Å²) in [4.78, 5) is 0. The van der Waals surface area contributed by atoms with Crippen LogP contribution in [0, 0.1) is 5.82 Å². The summed E-state index contributed by atoms with van der Waals surface area (Å²) in [6.45, 7) is 1.49. The Morgan fingerprint density at radius 3 is 2.75 bits per heavy atom. The molecule has 3 rings (SSSR count). The van der Waals surface area contributed by atoms with Crippen molar-refractivity contribution in [2.45, 2.75) is 6.54 Å². The quantitative estimate of drug-likeness (QED) is 0.695. The summed E-state index contributed by atoms with van der Waals surface area (Å²) in [5.74, 6) is -0.210. The first kappa shape index (κ1) is 12.9. The van der Waals surface area contributed by atoms with E-state index in [0.29, 0.717) is 6.61 Å². The predicted octanol–water partition coefficient (Wildman–Crippen LogP) is 4.09. The van der Waals surface area contributed by atoms with Crippen molar-refractivity contribution in [1.29, 1.82) is 0 Å². The maximum Gasteiger partial charge on any atom is 0.123 e. The predicted molar refractivity (Wildman–Crippen MR) is 79.2 cm³/mol. The summed E-state index contributed by atoms with van der Waals surface area (Å²) in [5, 5.41) is 1.13. The molecule has 0 fully saturated rings. The lowest BCUT2D eigenvalue weighted by Crippen LogP contribution is -2.02. The van der Waals surface area contributed by atoms with E-state index in [2.05, 4.69) is 16.7 Å². The van der Waals surface area contributed by atoms with Gasteiger partial charge in [0.15, 0.2) is 0 Å². The first-order chi connectivity index (χ1) is 9.79. The zero-order chi connectivity index (χ0) is 13.9. The maximum atomic E-state index is 13.4. The fraction of sp³-hybridized carbons (Fsp3) is 0.176. The molecule has 0 amide bonds. The fourth-order valence-corrected chi connectivity index (χ4v) is 2.52. The van der Waals surface area contributed by atoms with Crippen LogP contribution >= 0.6 is 0 Å². The molecule has 0 saturated heterocycles. The largest absolute Gasteiger partial charge is 0.383 e. The van der Waals surface area contributed by atoms with Gasteiger partial charge in [-0.1, -0.05) is 24.3 Å². The van der Waals surface area contributed by atoms with Crippen LogP contribution in [0.2, 0.25) is 0 Å². The van der Waals surface area contributed by atoms with Gasteiger partial charge < -0.3 is 9.30 Å². The van der Waals surface area contributed by atoms with Gasteiger partial charge in [-0.05, 0) is 35.4 Å². The van der Waals surface area contributed by atoms with Gasteiger partial charge in [-0.3, -0.25) is 0 Å². The number of halogens is 1. The average molecular weight is 269 g/mol. The van der Waals surface area contributed by atoms with Crippen LogP contribution in [-0.2, 0) is 11.3 Å². The van der Waals surface area contributed by atoms with Crippen LogP contribution in [0.3, 0.4) is 0 Å². The number of aromatic nitrogens is 1. The van der Waals surface area contributed by atoms with Crippen molar-refractivity contribution in [1.82, 2.24) is 4.57 Å². The maximum absolute atomic E-state index is 13.4. The highest BCUT2D eigenvalue weighted by Crippen LogP contribution is 2.29. The van der Waals surface area contributed by atoms with Crippen molar-refractivity contribution in [2.24, 2.45) is 0 Å². The minimum Gasteiger partial charge on any atom is -0.383 e. The summed E-state index contributed by atoms with van der Waals surface area (Å²) in [6, 6.07) is 14.9. The molecule has 0 aliphatic heterocycles. The minimum absolute atomic E-state index is 0.210. The number of hydrogen-bond acceptors (Lipinski definition) is 1. The Bertz CT molecular complexity index is 733. The van der Waals surface area contributed by atoms with Gasteiger partial charge in [-0.2, -0.15) is 0 Å². The molecule has 1 heterocycles. The van der Waals surface area contributed by atoms with Crippen LogP contribution in [0.4, 0.5) is 4.39 Å². The number of hydrogen-bond donors (Lipinski definition) is 0. The van der Waals surface area contributed by atoms with Crippen LogP contribution in [-0.4, -0.2) is 18.3 Å². The molecule has 1 aromatic heterocycles. The van der Waals surface area contributed by atoms with Crippen molar-refractivity contribution >= 4 is 10.9 Å². The minimum atomic E-state index is -0.210. The van der Waals surface area contributed by atoms with E-state index in [1.165, 1.54) is 6.07 Å². The van der Waals surface area contributed by atoms with E-state index in [4.69, 9.17) is 4.74 Å². The van der Waals surface area contributed by atoms with Gasteiger partial charge in [0.05, 0.1) is 6.61 Å². The van der Waals surface area contributed by atoms with Gasteiger partial charge in [0.25, 0.3) is 0 Å². The zero-order valence-electron chi connectivity index (χ0n) is 11.3. The Hall–Kier alpha value is -2.13. The van der Waals surface area contributed by atoms with E-state index in [1.807, 2.05) is 24.4 Å². The molecule has 0 spiro atoms. The standard InChI is InChI=1S/C17H16FNO/c1-20-11-10-19-9-8-16-15(6-3-7-17(16)19)13-4-2-5-14(18)12-13/h2-9,12H,10-11H2,1H3. The molecule has 102 valence electrons. The molecule has 0 atom stereocenters. The average Bonchev–Trinajstić information content (AvgIpc) is 2.88. The van der Waals surface area contributed by atoms with E-state index < -0.39 is 0 Å². The highest BCUT2D eigenvalue weighted by atomic mass is 19.1. The molecule has 0 radical (unpaired) electrons. The number of ether oxygens (including phenoxy) is 1. The molecule has 3 heteroatoms. The first-order valence-corrected chi connectivity index (χ1v) is 6.62. The molecule has 2 nitrogen and oxygen atoms in total. The second kappa shape index (κ2) is 5.47. The lowest BCUT2D eigenvalue weighted by Gasteiger charge is -2.07.